The van der Waals surface area contributed by atoms with Gasteiger partial charge in [-0.25, -0.2) is 0 Å². The van der Waals surface area contributed by atoms with Crippen molar-refractivity contribution in [3.63, 3.8) is 0 Å². The Bertz CT molecular complexity index is 491. The molecule has 0 aliphatic heterocycles. The van der Waals surface area contributed by atoms with Gasteiger partial charge in [0, 0.05) is 36.3 Å². The first-order valence-corrected chi connectivity index (χ1v) is 6.07. The monoisotopic (exact) mass is 286 g/mol. The van der Waals surface area contributed by atoms with Crippen LogP contribution >= 0.6 is 11.6 Å². The normalized spacial score (nSPS) is 12.0. The van der Waals surface area contributed by atoms with Gasteiger partial charge < -0.3 is 10.0 Å². The Kier molecular flexibility index (Phi) is 5.26. The van der Waals surface area contributed by atoms with Crippen molar-refractivity contribution in [2.45, 2.75) is 19.4 Å². The fraction of sp³-hybridized carbons (Fsp3) is 0.417. The number of benzene rings is 1. The first-order chi connectivity index (χ1) is 8.81. The smallest absolute Gasteiger partial charge is 0.271 e. The molecule has 1 rings (SSSR count). The van der Waals surface area contributed by atoms with Crippen LogP contribution in [0.1, 0.15) is 23.7 Å². The molecule has 1 aromatic rings. The van der Waals surface area contributed by atoms with E-state index in [-0.39, 0.29) is 22.2 Å². The number of rotatable bonds is 5. The summed E-state index contributed by atoms with van der Waals surface area (Å²) in [6.07, 6.45) is -0.0748. The maximum Gasteiger partial charge on any atom is 0.271 e. The average Bonchev–Trinajstić information content (AvgIpc) is 2.34. The first kappa shape index (κ1) is 15.4. The Morgan fingerprint density at radius 3 is 2.68 bits per heavy atom. The molecule has 104 valence electrons. The number of hydrogen-bond donors (Lipinski definition) is 1. The van der Waals surface area contributed by atoms with E-state index in [1.54, 1.807) is 14.0 Å². The van der Waals surface area contributed by atoms with Crippen LogP contribution in [0.4, 0.5) is 5.69 Å². The van der Waals surface area contributed by atoms with Crippen LogP contribution < -0.4 is 0 Å². The van der Waals surface area contributed by atoms with Crippen LogP contribution in [0.2, 0.25) is 5.02 Å². The highest BCUT2D eigenvalue weighted by Crippen LogP contribution is 2.21. The van der Waals surface area contributed by atoms with E-state index in [1.807, 2.05) is 0 Å². The summed E-state index contributed by atoms with van der Waals surface area (Å²) < 4.78 is 0. The van der Waals surface area contributed by atoms with Gasteiger partial charge in [0.2, 0.25) is 0 Å². The number of nitro groups is 1. The second kappa shape index (κ2) is 6.49. The minimum Gasteiger partial charge on any atom is -0.393 e. The second-order valence-electron chi connectivity index (χ2n) is 4.32. The molecule has 1 amide bonds. The molecule has 0 aliphatic rings. The lowest BCUT2D eigenvalue weighted by atomic mass is 10.1. The van der Waals surface area contributed by atoms with E-state index in [4.69, 9.17) is 16.7 Å². The van der Waals surface area contributed by atoms with Crippen LogP contribution in [0.3, 0.4) is 0 Å². The Labute approximate surface area is 115 Å². The molecular weight excluding hydrogens is 272 g/mol. The molecule has 0 radical (unpaired) electrons. The number of nitro benzene ring substituents is 1. The van der Waals surface area contributed by atoms with Gasteiger partial charge in [0.25, 0.3) is 11.6 Å². The average molecular weight is 287 g/mol. The highest BCUT2D eigenvalue weighted by molar-refractivity contribution is 6.31. The van der Waals surface area contributed by atoms with Crippen molar-refractivity contribution < 1.29 is 14.8 Å². The SMILES string of the molecule is CC(O)CCN(C)C(=O)c1cc(Cl)cc([N+](=O)[O-])c1. The maximum absolute atomic E-state index is 12.0. The standard InChI is InChI=1S/C12H15ClN2O4/c1-8(16)3-4-14(2)12(17)9-5-10(13)7-11(6-9)15(18)19/h5-8,16H,3-4H2,1-2H3. The van der Waals surface area contributed by atoms with Gasteiger partial charge in [0.15, 0.2) is 0 Å². The predicted octanol–water partition coefficient (Wildman–Crippen LogP) is 2.09. The van der Waals surface area contributed by atoms with Crippen LogP contribution in [0.25, 0.3) is 0 Å². The zero-order chi connectivity index (χ0) is 14.6. The molecule has 1 aromatic carbocycles. The number of nitrogens with zero attached hydrogens (tertiary/aromatic N) is 2. The molecule has 0 aliphatic carbocycles. The summed E-state index contributed by atoms with van der Waals surface area (Å²) in [5.41, 5.74) is -0.0629. The molecule has 0 heterocycles. The Balaban J connectivity index is 2.90. The minimum absolute atomic E-state index is 0.140. The van der Waals surface area contributed by atoms with Gasteiger partial charge in [-0.3, -0.25) is 14.9 Å². The fourth-order valence-electron chi connectivity index (χ4n) is 1.51. The number of amides is 1. The van der Waals surface area contributed by atoms with Crippen molar-refractivity contribution in [2.75, 3.05) is 13.6 Å². The number of carbonyl (C=O) groups excluding carboxylic acids is 1. The summed E-state index contributed by atoms with van der Waals surface area (Å²) in [5.74, 6) is -0.369. The summed E-state index contributed by atoms with van der Waals surface area (Å²) in [6, 6.07) is 3.76. The van der Waals surface area contributed by atoms with Gasteiger partial charge in [0.1, 0.15) is 0 Å². The van der Waals surface area contributed by atoms with E-state index < -0.39 is 11.0 Å². The molecule has 0 saturated carbocycles. The van der Waals surface area contributed by atoms with Gasteiger partial charge >= 0.3 is 0 Å². The van der Waals surface area contributed by atoms with Crippen LogP contribution in [0.5, 0.6) is 0 Å². The zero-order valence-corrected chi connectivity index (χ0v) is 11.4. The maximum atomic E-state index is 12.0. The van der Waals surface area contributed by atoms with Crippen molar-refractivity contribution in [3.05, 3.63) is 38.9 Å². The highest BCUT2D eigenvalue weighted by Gasteiger charge is 2.17. The molecule has 0 fully saturated rings. The third-order valence-corrected chi connectivity index (χ3v) is 2.79. The van der Waals surface area contributed by atoms with Gasteiger partial charge in [0.05, 0.1) is 11.0 Å². The molecule has 1 atom stereocenters. The summed E-state index contributed by atoms with van der Waals surface area (Å²) in [5, 5.41) is 20.0. The molecule has 0 aromatic heterocycles. The van der Waals surface area contributed by atoms with Crippen LogP contribution in [0, 0.1) is 10.1 Å². The van der Waals surface area contributed by atoms with Crippen molar-refractivity contribution in [3.8, 4) is 0 Å². The molecule has 19 heavy (non-hydrogen) atoms. The van der Waals surface area contributed by atoms with Crippen molar-refractivity contribution in [1.29, 1.82) is 0 Å². The molecule has 7 heteroatoms. The van der Waals surface area contributed by atoms with Crippen molar-refractivity contribution >= 4 is 23.2 Å². The lowest BCUT2D eigenvalue weighted by Crippen LogP contribution is -2.29. The number of non-ortho nitro benzene ring substituents is 1. The van der Waals surface area contributed by atoms with E-state index in [0.29, 0.717) is 13.0 Å². The van der Waals surface area contributed by atoms with Gasteiger partial charge in [-0.05, 0) is 19.4 Å². The van der Waals surface area contributed by atoms with Crippen LogP contribution in [-0.2, 0) is 0 Å². The zero-order valence-electron chi connectivity index (χ0n) is 10.7. The van der Waals surface area contributed by atoms with Crippen molar-refractivity contribution in [2.24, 2.45) is 0 Å². The lowest BCUT2D eigenvalue weighted by molar-refractivity contribution is -0.384. The third kappa shape index (κ3) is 4.50. The van der Waals surface area contributed by atoms with E-state index in [9.17, 15) is 14.9 Å². The summed E-state index contributed by atoms with van der Waals surface area (Å²) in [7, 11) is 1.57. The van der Waals surface area contributed by atoms with Gasteiger partial charge in [-0.2, -0.15) is 0 Å². The molecule has 0 saturated heterocycles. The molecule has 0 spiro atoms. The van der Waals surface area contributed by atoms with E-state index in [0.717, 1.165) is 0 Å². The van der Waals surface area contributed by atoms with Crippen LogP contribution in [0.15, 0.2) is 18.2 Å². The quantitative estimate of drug-likeness (QED) is 0.663. The topological polar surface area (TPSA) is 83.7 Å². The van der Waals surface area contributed by atoms with Gasteiger partial charge in [-0.15, -0.1) is 0 Å². The largest absolute Gasteiger partial charge is 0.393 e. The Morgan fingerprint density at radius 1 is 1.53 bits per heavy atom. The first-order valence-electron chi connectivity index (χ1n) is 5.69. The molecule has 6 nitrogen and oxygen atoms in total. The highest BCUT2D eigenvalue weighted by atomic mass is 35.5. The van der Waals surface area contributed by atoms with Crippen molar-refractivity contribution in [1.82, 2.24) is 4.90 Å². The predicted molar refractivity (Wildman–Crippen MR) is 71.4 cm³/mol. The molecule has 1 unspecified atom stereocenters. The molecular formula is C12H15ClN2O4. The van der Waals surface area contributed by atoms with E-state index in [1.165, 1.54) is 23.1 Å². The Hall–Kier alpha value is -1.66. The number of halogens is 1. The third-order valence-electron chi connectivity index (χ3n) is 2.57. The minimum atomic E-state index is -0.599. The molecule has 1 N–H and O–H groups in total. The lowest BCUT2D eigenvalue weighted by Gasteiger charge is -2.18. The van der Waals surface area contributed by atoms with Crippen LogP contribution in [-0.4, -0.2) is 40.5 Å². The summed E-state index contributed by atoms with van der Waals surface area (Å²) >= 11 is 5.76. The van der Waals surface area contributed by atoms with E-state index >= 15 is 0 Å². The number of carbonyl (C=O) groups is 1. The number of hydrogen-bond acceptors (Lipinski definition) is 4. The Morgan fingerprint density at radius 2 is 2.16 bits per heavy atom. The van der Waals surface area contributed by atoms with E-state index in [2.05, 4.69) is 0 Å². The molecule has 0 bridgehead atoms. The van der Waals surface area contributed by atoms with Gasteiger partial charge in [-0.1, -0.05) is 11.6 Å². The number of aliphatic hydroxyl groups is 1. The summed E-state index contributed by atoms with van der Waals surface area (Å²) in [6.45, 7) is 1.99. The second-order valence-corrected chi connectivity index (χ2v) is 4.76. The number of aliphatic hydroxyl groups excluding tert-OH is 1. The fourth-order valence-corrected chi connectivity index (χ4v) is 1.73. The summed E-state index contributed by atoms with van der Waals surface area (Å²) in [4.78, 5) is 23.5.